The molecule has 1 saturated carbocycles. The molecule has 1 atom stereocenters. The fourth-order valence-electron chi connectivity index (χ4n) is 4.37. The molecule has 5 nitrogen and oxygen atoms in total. The van der Waals surface area contributed by atoms with Gasteiger partial charge in [0.25, 0.3) is 5.91 Å². The summed E-state index contributed by atoms with van der Waals surface area (Å²) < 4.78 is 5.80. The van der Waals surface area contributed by atoms with Crippen LogP contribution in [0.25, 0.3) is 0 Å². The van der Waals surface area contributed by atoms with E-state index in [2.05, 4.69) is 18.8 Å². The Hall–Kier alpha value is -2.30. The van der Waals surface area contributed by atoms with E-state index in [0.717, 1.165) is 48.5 Å². The van der Waals surface area contributed by atoms with Crippen molar-refractivity contribution in [2.45, 2.75) is 71.8 Å². The summed E-state index contributed by atoms with van der Waals surface area (Å²) in [7, 11) is 0. The number of carbonyl (C=O) groups is 2. The lowest BCUT2D eigenvalue weighted by Crippen LogP contribution is -2.45. The molecule has 1 unspecified atom stereocenters. The number of hydrogen-bond acceptors (Lipinski definition) is 3. The summed E-state index contributed by atoms with van der Waals surface area (Å²) in [6, 6.07) is 5.52. The molecule has 0 saturated heterocycles. The predicted molar refractivity (Wildman–Crippen MR) is 117 cm³/mol. The Morgan fingerprint density at radius 3 is 2.66 bits per heavy atom. The summed E-state index contributed by atoms with van der Waals surface area (Å²) in [4.78, 5) is 26.9. The number of fused-ring (bicyclic) bond motifs is 1. The summed E-state index contributed by atoms with van der Waals surface area (Å²) >= 11 is 0. The van der Waals surface area contributed by atoms with Crippen molar-refractivity contribution in [1.29, 1.82) is 0 Å². The minimum Gasteiger partial charge on any atom is -0.479 e. The summed E-state index contributed by atoms with van der Waals surface area (Å²) in [6.07, 6.45) is 7.53. The summed E-state index contributed by atoms with van der Waals surface area (Å²) in [6.45, 7) is 10.3. The molecule has 1 aliphatic heterocycles. The maximum Gasteiger partial charge on any atom is 0.268 e. The number of carbonyl (C=O) groups excluding carboxylic acids is 2. The van der Waals surface area contributed by atoms with Gasteiger partial charge in [-0.15, -0.1) is 0 Å². The molecule has 2 amide bonds. The summed E-state index contributed by atoms with van der Waals surface area (Å²) in [5.74, 6) is 1.52. The van der Waals surface area contributed by atoms with E-state index in [4.69, 9.17) is 4.74 Å². The third-order valence-electron chi connectivity index (χ3n) is 6.05. The first kappa shape index (κ1) is 21.4. The van der Waals surface area contributed by atoms with Gasteiger partial charge in [0.2, 0.25) is 5.91 Å². The number of anilines is 2. The number of nitrogens with zero attached hydrogens (tertiary/aromatic N) is 1. The highest BCUT2D eigenvalue weighted by Gasteiger charge is 2.32. The number of nitrogens with one attached hydrogen (secondary N) is 1. The fraction of sp³-hybridized carbons (Fsp3) is 0.583. The third-order valence-corrected chi connectivity index (χ3v) is 6.05. The van der Waals surface area contributed by atoms with E-state index >= 15 is 0 Å². The minimum atomic E-state index is -0.550. The second-order valence-corrected chi connectivity index (χ2v) is 8.67. The lowest BCUT2D eigenvalue weighted by molar-refractivity contribution is -0.125. The average molecular weight is 399 g/mol. The topological polar surface area (TPSA) is 58.6 Å². The SMILES string of the molecule is C=C(C)CN1C(=O)C(C)Oc2cc(NC(=O)C3CCC(CCCC)CC3)ccc21. The normalized spacial score (nSPS) is 23.9. The van der Waals surface area contributed by atoms with Gasteiger partial charge in [-0.05, 0) is 57.6 Å². The molecular formula is C24H34N2O3. The van der Waals surface area contributed by atoms with Crippen molar-refractivity contribution >= 4 is 23.2 Å². The Morgan fingerprint density at radius 2 is 2.00 bits per heavy atom. The minimum absolute atomic E-state index is 0.0721. The number of hydrogen-bond donors (Lipinski definition) is 1. The standard InChI is InChI=1S/C24H34N2O3/c1-5-6-7-18-8-10-19(11-9-18)23(27)25-20-12-13-21-22(14-20)29-17(4)24(28)26(21)15-16(2)3/h12-14,17-19H,2,5-11,15H2,1,3-4H3,(H,25,27). The van der Waals surface area contributed by atoms with Crippen molar-refractivity contribution in [2.75, 3.05) is 16.8 Å². The Morgan fingerprint density at radius 1 is 1.28 bits per heavy atom. The first-order valence-electron chi connectivity index (χ1n) is 11.0. The quantitative estimate of drug-likeness (QED) is 0.633. The van der Waals surface area contributed by atoms with Gasteiger partial charge in [0.1, 0.15) is 5.75 Å². The van der Waals surface area contributed by atoms with Gasteiger partial charge in [0.05, 0.1) is 5.69 Å². The molecule has 0 radical (unpaired) electrons. The van der Waals surface area contributed by atoms with Gasteiger partial charge in [-0.2, -0.15) is 0 Å². The second-order valence-electron chi connectivity index (χ2n) is 8.67. The molecule has 0 spiro atoms. The van der Waals surface area contributed by atoms with Gasteiger partial charge in [-0.25, -0.2) is 0 Å². The molecule has 1 aliphatic carbocycles. The van der Waals surface area contributed by atoms with Crippen LogP contribution in [0.5, 0.6) is 5.75 Å². The number of unbranched alkanes of at least 4 members (excludes halogenated alkanes) is 1. The van der Waals surface area contributed by atoms with Crippen LogP contribution < -0.4 is 15.0 Å². The highest BCUT2D eigenvalue weighted by atomic mass is 16.5. The van der Waals surface area contributed by atoms with Crippen molar-refractivity contribution < 1.29 is 14.3 Å². The first-order valence-corrected chi connectivity index (χ1v) is 11.0. The van der Waals surface area contributed by atoms with Crippen molar-refractivity contribution in [3.05, 3.63) is 30.4 Å². The van der Waals surface area contributed by atoms with Gasteiger partial charge >= 0.3 is 0 Å². The van der Waals surface area contributed by atoms with E-state index in [-0.39, 0.29) is 17.7 Å². The van der Waals surface area contributed by atoms with E-state index in [0.29, 0.717) is 12.3 Å². The van der Waals surface area contributed by atoms with Gasteiger partial charge in [0, 0.05) is 24.2 Å². The molecule has 158 valence electrons. The van der Waals surface area contributed by atoms with E-state index in [1.54, 1.807) is 11.8 Å². The molecule has 3 rings (SSSR count). The monoisotopic (exact) mass is 398 g/mol. The molecule has 0 bridgehead atoms. The number of benzene rings is 1. The predicted octanol–water partition coefficient (Wildman–Crippen LogP) is 5.31. The van der Waals surface area contributed by atoms with Crippen LogP contribution in [0.2, 0.25) is 0 Å². The van der Waals surface area contributed by atoms with Crippen LogP contribution in [-0.4, -0.2) is 24.5 Å². The van der Waals surface area contributed by atoms with Crippen LogP contribution in [0.1, 0.15) is 65.7 Å². The third kappa shape index (κ3) is 5.20. The molecule has 1 aromatic rings. The fourth-order valence-corrected chi connectivity index (χ4v) is 4.37. The summed E-state index contributed by atoms with van der Waals surface area (Å²) in [5.41, 5.74) is 2.36. The Bertz CT molecular complexity index is 765. The molecule has 5 heteroatoms. The van der Waals surface area contributed by atoms with Crippen LogP contribution in [0.4, 0.5) is 11.4 Å². The maximum atomic E-state index is 12.8. The van der Waals surface area contributed by atoms with Crippen LogP contribution in [0.15, 0.2) is 30.4 Å². The van der Waals surface area contributed by atoms with Crippen molar-refractivity contribution in [3.63, 3.8) is 0 Å². The highest BCUT2D eigenvalue weighted by Crippen LogP contribution is 2.37. The first-order chi connectivity index (χ1) is 13.9. The van der Waals surface area contributed by atoms with Crippen LogP contribution >= 0.6 is 0 Å². The Balaban J connectivity index is 1.64. The van der Waals surface area contributed by atoms with E-state index in [9.17, 15) is 9.59 Å². The Labute approximate surface area is 174 Å². The zero-order valence-electron chi connectivity index (χ0n) is 18.0. The van der Waals surface area contributed by atoms with Crippen molar-refractivity contribution in [1.82, 2.24) is 0 Å². The summed E-state index contributed by atoms with van der Waals surface area (Å²) in [5, 5.41) is 3.06. The van der Waals surface area contributed by atoms with Crippen molar-refractivity contribution in [2.24, 2.45) is 11.8 Å². The maximum absolute atomic E-state index is 12.8. The smallest absolute Gasteiger partial charge is 0.268 e. The number of amides is 2. The average Bonchev–Trinajstić information content (AvgIpc) is 2.70. The zero-order valence-corrected chi connectivity index (χ0v) is 18.0. The largest absolute Gasteiger partial charge is 0.479 e. The second kappa shape index (κ2) is 9.47. The van der Waals surface area contributed by atoms with Gasteiger partial charge in [-0.3, -0.25) is 9.59 Å². The van der Waals surface area contributed by atoms with Crippen LogP contribution in [0.3, 0.4) is 0 Å². The molecule has 1 fully saturated rings. The van der Waals surface area contributed by atoms with Gasteiger partial charge in [-0.1, -0.05) is 38.3 Å². The van der Waals surface area contributed by atoms with Crippen LogP contribution in [-0.2, 0) is 9.59 Å². The molecule has 29 heavy (non-hydrogen) atoms. The number of ether oxygens (including phenoxy) is 1. The Kier molecular flexibility index (Phi) is 6.99. The highest BCUT2D eigenvalue weighted by molar-refractivity contribution is 6.01. The molecule has 2 aliphatic rings. The van der Waals surface area contributed by atoms with Crippen molar-refractivity contribution in [3.8, 4) is 5.75 Å². The van der Waals surface area contributed by atoms with Gasteiger partial charge in [0.15, 0.2) is 6.10 Å². The van der Waals surface area contributed by atoms with Gasteiger partial charge < -0.3 is 15.0 Å². The van der Waals surface area contributed by atoms with E-state index < -0.39 is 6.10 Å². The zero-order chi connectivity index (χ0) is 21.0. The lowest BCUT2D eigenvalue weighted by Gasteiger charge is -2.33. The molecular weight excluding hydrogens is 364 g/mol. The van der Waals surface area contributed by atoms with Crippen LogP contribution in [0, 0.1) is 11.8 Å². The number of rotatable bonds is 7. The molecule has 1 aromatic carbocycles. The van der Waals surface area contributed by atoms with E-state index in [1.807, 2.05) is 25.1 Å². The molecule has 1 N–H and O–H groups in total. The lowest BCUT2D eigenvalue weighted by atomic mass is 9.79. The van der Waals surface area contributed by atoms with E-state index in [1.165, 1.54) is 19.3 Å². The molecule has 0 aromatic heterocycles. The molecule has 1 heterocycles.